The fraction of sp³-hybridized carbons (Fsp3) is 0.105. The van der Waals surface area contributed by atoms with Crippen LogP contribution in [-0.2, 0) is 0 Å². The number of hydrogen-bond donors (Lipinski definition) is 2. The molecule has 1 heterocycles. The minimum absolute atomic E-state index is 0.294. The van der Waals surface area contributed by atoms with E-state index >= 15 is 0 Å². The zero-order valence-electron chi connectivity index (χ0n) is 14.1. The molecule has 0 saturated heterocycles. The van der Waals surface area contributed by atoms with E-state index in [-0.39, 0.29) is 0 Å². The molecule has 0 atom stereocenters. The van der Waals surface area contributed by atoms with Gasteiger partial charge in [0.15, 0.2) is 0 Å². The van der Waals surface area contributed by atoms with Crippen molar-refractivity contribution in [2.75, 3.05) is 6.61 Å². The normalized spacial score (nSPS) is 10.8. The number of ether oxygens (including phenoxy) is 1. The molecule has 1 aromatic heterocycles. The first-order chi connectivity index (χ1) is 12.7. The summed E-state index contributed by atoms with van der Waals surface area (Å²) in [7, 11) is 0. The van der Waals surface area contributed by atoms with E-state index < -0.39 is 5.91 Å². The third-order valence-electron chi connectivity index (χ3n) is 3.56. The fourth-order valence-electron chi connectivity index (χ4n) is 2.34. The maximum Gasteiger partial charge on any atom is 0.289 e. The molecule has 0 saturated carbocycles. The van der Waals surface area contributed by atoms with Crippen LogP contribution in [0.25, 0.3) is 11.3 Å². The number of hydrazone groups is 1. The first-order valence-corrected chi connectivity index (χ1v) is 8.42. The molecular formula is C19H17ClN4O2. The largest absolute Gasteiger partial charge is 0.493 e. The number of nitrogens with one attached hydrogen (secondary N) is 2. The van der Waals surface area contributed by atoms with E-state index in [0.29, 0.717) is 34.3 Å². The van der Waals surface area contributed by atoms with Crippen molar-refractivity contribution in [1.29, 1.82) is 0 Å². The first kappa shape index (κ1) is 17.7. The van der Waals surface area contributed by atoms with Crippen molar-refractivity contribution in [2.24, 2.45) is 5.10 Å². The van der Waals surface area contributed by atoms with Gasteiger partial charge in [-0.05, 0) is 31.2 Å². The van der Waals surface area contributed by atoms with Gasteiger partial charge >= 0.3 is 0 Å². The fourth-order valence-corrected chi connectivity index (χ4v) is 2.52. The summed E-state index contributed by atoms with van der Waals surface area (Å²) in [6.07, 6.45) is 1.49. The Hall–Kier alpha value is -3.12. The second-order valence-corrected chi connectivity index (χ2v) is 5.72. The quantitative estimate of drug-likeness (QED) is 0.511. The SMILES string of the molecule is CCOc1ccccc1-c1cc(C(=O)N/N=C\c2ccccc2Cl)[nH]n1. The van der Waals surface area contributed by atoms with E-state index in [9.17, 15) is 4.79 Å². The molecule has 26 heavy (non-hydrogen) atoms. The summed E-state index contributed by atoms with van der Waals surface area (Å²) in [6.45, 7) is 2.46. The van der Waals surface area contributed by atoms with Gasteiger partial charge in [-0.1, -0.05) is 41.9 Å². The number of rotatable bonds is 6. The predicted molar refractivity (Wildman–Crippen MR) is 102 cm³/mol. The van der Waals surface area contributed by atoms with Crippen LogP contribution in [0.1, 0.15) is 23.0 Å². The highest BCUT2D eigenvalue weighted by Crippen LogP contribution is 2.28. The lowest BCUT2D eigenvalue weighted by molar-refractivity contribution is 0.0950. The summed E-state index contributed by atoms with van der Waals surface area (Å²) in [5.41, 5.74) is 4.89. The zero-order chi connectivity index (χ0) is 18.4. The Morgan fingerprint density at radius 3 is 2.85 bits per heavy atom. The van der Waals surface area contributed by atoms with Gasteiger partial charge in [-0.15, -0.1) is 0 Å². The topological polar surface area (TPSA) is 79.4 Å². The minimum Gasteiger partial charge on any atom is -0.493 e. The van der Waals surface area contributed by atoms with Gasteiger partial charge < -0.3 is 4.74 Å². The highest BCUT2D eigenvalue weighted by atomic mass is 35.5. The molecule has 0 unspecified atom stereocenters. The van der Waals surface area contributed by atoms with E-state index in [0.717, 1.165) is 5.56 Å². The van der Waals surface area contributed by atoms with Crippen LogP contribution in [0, 0.1) is 0 Å². The molecule has 2 aromatic carbocycles. The minimum atomic E-state index is -0.402. The molecule has 0 bridgehead atoms. The Balaban J connectivity index is 1.72. The van der Waals surface area contributed by atoms with Crippen LogP contribution in [0.2, 0.25) is 5.02 Å². The number of halogens is 1. The molecule has 0 aliphatic heterocycles. The molecule has 1 amide bonds. The molecule has 2 N–H and O–H groups in total. The molecule has 0 aliphatic rings. The van der Waals surface area contributed by atoms with E-state index in [1.54, 1.807) is 18.2 Å². The first-order valence-electron chi connectivity index (χ1n) is 8.04. The highest BCUT2D eigenvalue weighted by Gasteiger charge is 2.13. The van der Waals surface area contributed by atoms with Crippen molar-refractivity contribution < 1.29 is 9.53 Å². The Morgan fingerprint density at radius 1 is 1.27 bits per heavy atom. The van der Waals surface area contributed by atoms with Crippen molar-refractivity contribution in [1.82, 2.24) is 15.6 Å². The molecular weight excluding hydrogens is 352 g/mol. The number of benzene rings is 2. The Kier molecular flexibility index (Phi) is 5.66. The van der Waals surface area contributed by atoms with Gasteiger partial charge in [-0.3, -0.25) is 9.89 Å². The van der Waals surface area contributed by atoms with Crippen molar-refractivity contribution in [3.05, 3.63) is 70.9 Å². The third-order valence-corrected chi connectivity index (χ3v) is 3.90. The standard InChI is InChI=1S/C19H17ClN4O2/c1-2-26-18-10-6-4-8-14(18)16-11-17(23-22-16)19(25)24-21-12-13-7-3-5-9-15(13)20/h3-12H,2H2,1H3,(H,22,23)(H,24,25)/b21-12-. The summed E-state index contributed by atoms with van der Waals surface area (Å²) >= 11 is 6.04. The van der Waals surface area contributed by atoms with Gasteiger partial charge in [-0.2, -0.15) is 10.2 Å². The van der Waals surface area contributed by atoms with Crippen LogP contribution in [0.5, 0.6) is 5.75 Å². The van der Waals surface area contributed by atoms with E-state index in [4.69, 9.17) is 16.3 Å². The molecule has 3 aromatic rings. The number of carbonyl (C=O) groups excluding carboxylic acids is 1. The average Bonchev–Trinajstić information content (AvgIpc) is 3.14. The van der Waals surface area contributed by atoms with Gasteiger partial charge in [0.2, 0.25) is 0 Å². The van der Waals surface area contributed by atoms with Crippen LogP contribution < -0.4 is 10.2 Å². The molecule has 3 rings (SSSR count). The molecule has 7 heteroatoms. The van der Waals surface area contributed by atoms with Gasteiger partial charge in [0.05, 0.1) is 18.5 Å². The molecule has 0 fully saturated rings. The predicted octanol–water partition coefficient (Wildman–Crippen LogP) is 3.89. The second-order valence-electron chi connectivity index (χ2n) is 5.32. The van der Waals surface area contributed by atoms with Gasteiger partial charge in [0.1, 0.15) is 11.4 Å². The van der Waals surface area contributed by atoms with Gasteiger partial charge in [0, 0.05) is 16.1 Å². The monoisotopic (exact) mass is 368 g/mol. The van der Waals surface area contributed by atoms with E-state index in [1.165, 1.54) is 6.21 Å². The average molecular weight is 369 g/mol. The summed E-state index contributed by atoms with van der Waals surface area (Å²) in [5.74, 6) is 0.311. The molecule has 0 spiro atoms. The Morgan fingerprint density at radius 2 is 2.04 bits per heavy atom. The van der Waals surface area contributed by atoms with Crippen LogP contribution in [0.4, 0.5) is 0 Å². The number of aromatic amines is 1. The van der Waals surface area contributed by atoms with Crippen molar-refractivity contribution in [3.8, 4) is 17.0 Å². The number of amides is 1. The van der Waals surface area contributed by atoms with Crippen molar-refractivity contribution in [2.45, 2.75) is 6.92 Å². The maximum atomic E-state index is 12.2. The van der Waals surface area contributed by atoms with Gasteiger partial charge in [-0.25, -0.2) is 5.43 Å². The van der Waals surface area contributed by atoms with E-state index in [1.807, 2.05) is 43.3 Å². The van der Waals surface area contributed by atoms with Crippen LogP contribution in [0.15, 0.2) is 59.7 Å². The van der Waals surface area contributed by atoms with E-state index in [2.05, 4.69) is 20.7 Å². The lowest BCUT2D eigenvalue weighted by Crippen LogP contribution is -2.18. The Bertz CT molecular complexity index is 937. The number of H-pyrrole nitrogens is 1. The lowest BCUT2D eigenvalue weighted by atomic mass is 10.1. The summed E-state index contributed by atoms with van der Waals surface area (Å²) in [6, 6.07) is 16.4. The maximum absolute atomic E-state index is 12.2. The van der Waals surface area contributed by atoms with Crippen molar-refractivity contribution in [3.63, 3.8) is 0 Å². The number of para-hydroxylation sites is 1. The summed E-state index contributed by atoms with van der Waals surface area (Å²) in [4.78, 5) is 12.2. The third kappa shape index (κ3) is 4.10. The number of nitrogens with zero attached hydrogens (tertiary/aromatic N) is 2. The summed E-state index contributed by atoms with van der Waals surface area (Å²) < 4.78 is 5.60. The number of aromatic nitrogens is 2. The zero-order valence-corrected chi connectivity index (χ0v) is 14.8. The van der Waals surface area contributed by atoms with Gasteiger partial charge in [0.25, 0.3) is 5.91 Å². The number of hydrogen-bond acceptors (Lipinski definition) is 4. The smallest absolute Gasteiger partial charge is 0.289 e. The van der Waals surface area contributed by atoms with Crippen molar-refractivity contribution >= 4 is 23.7 Å². The Labute approximate surface area is 155 Å². The second kappa shape index (κ2) is 8.31. The molecule has 6 nitrogen and oxygen atoms in total. The number of carbonyl (C=O) groups is 1. The van der Waals surface area contributed by atoms with Crippen LogP contribution in [0.3, 0.4) is 0 Å². The summed E-state index contributed by atoms with van der Waals surface area (Å²) in [5, 5.41) is 11.4. The lowest BCUT2D eigenvalue weighted by Gasteiger charge is -2.07. The van der Waals surface area contributed by atoms with Crippen LogP contribution >= 0.6 is 11.6 Å². The highest BCUT2D eigenvalue weighted by molar-refractivity contribution is 6.33. The molecule has 0 aliphatic carbocycles. The van der Waals surface area contributed by atoms with Crippen LogP contribution in [-0.4, -0.2) is 28.9 Å². The molecule has 132 valence electrons. The molecule has 0 radical (unpaired) electrons.